The van der Waals surface area contributed by atoms with E-state index in [-0.39, 0.29) is 11.9 Å². The van der Waals surface area contributed by atoms with E-state index in [4.69, 9.17) is 0 Å². The highest BCUT2D eigenvalue weighted by Gasteiger charge is 2.22. The topological polar surface area (TPSA) is 70.2 Å². The molecule has 6 heteroatoms. The Labute approximate surface area is 113 Å². The van der Waals surface area contributed by atoms with Gasteiger partial charge in [-0.3, -0.25) is 9.78 Å². The second-order valence-electron chi connectivity index (χ2n) is 4.79. The summed E-state index contributed by atoms with van der Waals surface area (Å²) in [6.45, 7) is 3.60. The van der Waals surface area contributed by atoms with E-state index >= 15 is 0 Å². The van der Waals surface area contributed by atoms with Gasteiger partial charge in [0.1, 0.15) is 17.7 Å². The Morgan fingerprint density at radius 3 is 2.63 bits per heavy atom. The fourth-order valence-corrected chi connectivity index (χ4v) is 2.23. The van der Waals surface area contributed by atoms with Gasteiger partial charge < -0.3 is 15.5 Å². The van der Waals surface area contributed by atoms with E-state index in [0.29, 0.717) is 11.6 Å². The van der Waals surface area contributed by atoms with Crippen molar-refractivity contribution in [2.75, 3.05) is 30.8 Å². The Morgan fingerprint density at radius 2 is 1.95 bits per heavy atom. The lowest BCUT2D eigenvalue weighted by Gasteiger charge is -2.29. The SMILES string of the molecule is CNc1cncc(NC(C)C(=O)N2CCCCC2)n1. The van der Waals surface area contributed by atoms with Crippen molar-refractivity contribution in [3.05, 3.63) is 12.4 Å². The minimum Gasteiger partial charge on any atom is -0.372 e. The van der Waals surface area contributed by atoms with Crippen LogP contribution in [0.5, 0.6) is 0 Å². The Balaban J connectivity index is 1.95. The smallest absolute Gasteiger partial charge is 0.244 e. The zero-order chi connectivity index (χ0) is 13.7. The van der Waals surface area contributed by atoms with Crippen molar-refractivity contribution in [2.24, 2.45) is 0 Å². The summed E-state index contributed by atoms with van der Waals surface area (Å²) in [6.07, 6.45) is 6.70. The minimum absolute atomic E-state index is 0.136. The maximum atomic E-state index is 12.3. The van der Waals surface area contributed by atoms with Gasteiger partial charge in [-0.25, -0.2) is 4.98 Å². The number of carbonyl (C=O) groups excluding carboxylic acids is 1. The van der Waals surface area contributed by atoms with Crippen LogP contribution < -0.4 is 10.6 Å². The van der Waals surface area contributed by atoms with Crippen molar-refractivity contribution in [2.45, 2.75) is 32.2 Å². The molecule has 1 atom stereocenters. The molecular formula is C13H21N5O. The first kappa shape index (κ1) is 13.6. The summed E-state index contributed by atoms with van der Waals surface area (Å²) in [5.41, 5.74) is 0. The summed E-state index contributed by atoms with van der Waals surface area (Å²) in [4.78, 5) is 22.6. The molecule has 104 valence electrons. The number of carbonyl (C=O) groups is 1. The second-order valence-corrected chi connectivity index (χ2v) is 4.79. The van der Waals surface area contributed by atoms with E-state index < -0.39 is 0 Å². The van der Waals surface area contributed by atoms with Crippen LogP contribution >= 0.6 is 0 Å². The zero-order valence-corrected chi connectivity index (χ0v) is 11.5. The molecule has 1 aliphatic heterocycles. The molecule has 0 aliphatic carbocycles. The molecule has 0 bridgehead atoms. The standard InChI is InChI=1S/C13H21N5O/c1-10(13(19)18-6-4-3-5-7-18)16-12-9-15-8-11(14-2)17-12/h8-10H,3-7H2,1-2H3,(H2,14,16,17). The van der Waals surface area contributed by atoms with Crippen molar-refractivity contribution >= 4 is 17.5 Å². The summed E-state index contributed by atoms with van der Waals surface area (Å²) in [5, 5.41) is 6.03. The molecule has 1 fully saturated rings. The van der Waals surface area contributed by atoms with E-state index in [1.165, 1.54) is 6.42 Å². The maximum absolute atomic E-state index is 12.3. The molecular weight excluding hydrogens is 242 g/mol. The molecule has 2 heterocycles. The number of hydrogen-bond donors (Lipinski definition) is 2. The third kappa shape index (κ3) is 3.56. The first-order chi connectivity index (χ1) is 9.20. The van der Waals surface area contributed by atoms with Crippen molar-refractivity contribution in [1.29, 1.82) is 0 Å². The average molecular weight is 263 g/mol. The van der Waals surface area contributed by atoms with Crippen molar-refractivity contribution in [3.63, 3.8) is 0 Å². The van der Waals surface area contributed by atoms with Crippen molar-refractivity contribution in [1.82, 2.24) is 14.9 Å². The third-order valence-corrected chi connectivity index (χ3v) is 3.29. The summed E-state index contributed by atoms with van der Waals surface area (Å²) in [7, 11) is 1.79. The van der Waals surface area contributed by atoms with Gasteiger partial charge in [-0.2, -0.15) is 0 Å². The molecule has 1 amide bonds. The molecule has 0 spiro atoms. The van der Waals surface area contributed by atoms with Gasteiger partial charge in [-0.05, 0) is 26.2 Å². The highest BCUT2D eigenvalue weighted by atomic mass is 16.2. The van der Waals surface area contributed by atoms with Gasteiger partial charge in [0.05, 0.1) is 12.4 Å². The first-order valence-corrected chi connectivity index (χ1v) is 6.76. The number of hydrogen-bond acceptors (Lipinski definition) is 5. The van der Waals surface area contributed by atoms with E-state index in [9.17, 15) is 4.79 Å². The predicted molar refractivity (Wildman–Crippen MR) is 75.1 cm³/mol. The van der Waals surface area contributed by atoms with Crippen LogP contribution in [0.3, 0.4) is 0 Å². The number of anilines is 2. The van der Waals surface area contributed by atoms with Crippen LogP contribution in [0.4, 0.5) is 11.6 Å². The average Bonchev–Trinajstić information content (AvgIpc) is 2.47. The van der Waals surface area contributed by atoms with Gasteiger partial charge in [0.2, 0.25) is 5.91 Å². The summed E-state index contributed by atoms with van der Waals surface area (Å²) < 4.78 is 0. The monoisotopic (exact) mass is 263 g/mol. The number of nitrogens with zero attached hydrogens (tertiary/aromatic N) is 3. The number of likely N-dealkylation sites (tertiary alicyclic amines) is 1. The normalized spacial score (nSPS) is 16.8. The minimum atomic E-state index is -0.278. The summed E-state index contributed by atoms with van der Waals surface area (Å²) >= 11 is 0. The number of rotatable bonds is 4. The quantitative estimate of drug-likeness (QED) is 0.857. The van der Waals surface area contributed by atoms with E-state index in [1.54, 1.807) is 19.4 Å². The Morgan fingerprint density at radius 1 is 1.26 bits per heavy atom. The van der Waals surface area contributed by atoms with Gasteiger partial charge >= 0.3 is 0 Å². The van der Waals surface area contributed by atoms with Crippen molar-refractivity contribution < 1.29 is 4.79 Å². The number of nitrogens with one attached hydrogen (secondary N) is 2. The number of amides is 1. The van der Waals surface area contributed by atoms with Crippen LogP contribution in [0.25, 0.3) is 0 Å². The van der Waals surface area contributed by atoms with E-state index in [1.807, 2.05) is 11.8 Å². The van der Waals surface area contributed by atoms with Crippen LogP contribution in [0, 0.1) is 0 Å². The second kappa shape index (κ2) is 6.36. The van der Waals surface area contributed by atoms with Crippen LogP contribution in [0.1, 0.15) is 26.2 Å². The molecule has 0 radical (unpaired) electrons. The molecule has 0 aromatic carbocycles. The lowest BCUT2D eigenvalue weighted by atomic mass is 10.1. The Bertz CT molecular complexity index is 431. The van der Waals surface area contributed by atoms with Gasteiger partial charge in [-0.1, -0.05) is 0 Å². The van der Waals surface area contributed by atoms with Crippen LogP contribution in [-0.2, 0) is 4.79 Å². The largest absolute Gasteiger partial charge is 0.372 e. The van der Waals surface area contributed by atoms with E-state index in [2.05, 4.69) is 20.6 Å². The highest BCUT2D eigenvalue weighted by molar-refractivity contribution is 5.84. The lowest BCUT2D eigenvalue weighted by molar-refractivity contribution is -0.132. The fraction of sp³-hybridized carbons (Fsp3) is 0.615. The van der Waals surface area contributed by atoms with Gasteiger partial charge in [-0.15, -0.1) is 0 Å². The molecule has 0 saturated carbocycles. The number of aromatic nitrogens is 2. The highest BCUT2D eigenvalue weighted by Crippen LogP contribution is 2.12. The lowest BCUT2D eigenvalue weighted by Crippen LogP contribution is -2.44. The van der Waals surface area contributed by atoms with Crippen molar-refractivity contribution in [3.8, 4) is 0 Å². The summed E-state index contributed by atoms with van der Waals surface area (Å²) in [5.74, 6) is 1.43. The van der Waals surface area contributed by atoms with Crippen LogP contribution in [0.2, 0.25) is 0 Å². The molecule has 1 aromatic rings. The Kier molecular flexibility index (Phi) is 4.54. The molecule has 6 nitrogen and oxygen atoms in total. The molecule has 1 unspecified atom stereocenters. The molecule has 2 N–H and O–H groups in total. The van der Waals surface area contributed by atoms with Gasteiger partial charge in [0, 0.05) is 20.1 Å². The molecule has 1 aliphatic rings. The first-order valence-electron chi connectivity index (χ1n) is 6.76. The fourth-order valence-electron chi connectivity index (χ4n) is 2.23. The van der Waals surface area contributed by atoms with Crippen LogP contribution in [-0.4, -0.2) is 47.0 Å². The molecule has 2 rings (SSSR count). The molecule has 1 saturated heterocycles. The third-order valence-electron chi connectivity index (χ3n) is 3.29. The Hall–Kier alpha value is -1.85. The maximum Gasteiger partial charge on any atom is 0.244 e. The van der Waals surface area contributed by atoms with Crippen LogP contribution in [0.15, 0.2) is 12.4 Å². The summed E-state index contributed by atoms with van der Waals surface area (Å²) in [6, 6.07) is -0.278. The molecule has 1 aromatic heterocycles. The number of piperidine rings is 1. The van der Waals surface area contributed by atoms with E-state index in [0.717, 1.165) is 25.9 Å². The zero-order valence-electron chi connectivity index (χ0n) is 11.5. The predicted octanol–water partition coefficient (Wildman–Crippen LogP) is 1.33. The molecule has 19 heavy (non-hydrogen) atoms. The van der Waals surface area contributed by atoms with Gasteiger partial charge in [0.25, 0.3) is 0 Å². The van der Waals surface area contributed by atoms with Gasteiger partial charge in [0.15, 0.2) is 0 Å².